The fourth-order valence-electron chi connectivity index (χ4n) is 2.48. The number of esters is 1. The van der Waals surface area contributed by atoms with E-state index in [0.29, 0.717) is 22.0 Å². The van der Waals surface area contributed by atoms with E-state index in [1.165, 1.54) is 41.1 Å². The van der Waals surface area contributed by atoms with Crippen molar-refractivity contribution in [3.63, 3.8) is 0 Å². The summed E-state index contributed by atoms with van der Waals surface area (Å²) in [6, 6.07) is 10.7. The van der Waals surface area contributed by atoms with Crippen LogP contribution < -0.4 is 5.32 Å². The highest BCUT2D eigenvalue weighted by Gasteiger charge is 2.33. The van der Waals surface area contributed by atoms with E-state index in [0.717, 1.165) is 0 Å². The molecule has 1 heterocycles. The van der Waals surface area contributed by atoms with Crippen molar-refractivity contribution in [1.29, 1.82) is 0 Å². The monoisotopic (exact) mass is 520 g/mol. The Kier molecular flexibility index (Phi) is 7.34. The van der Waals surface area contributed by atoms with Crippen LogP contribution in [0.5, 0.6) is 0 Å². The van der Waals surface area contributed by atoms with E-state index in [2.05, 4.69) is 15.4 Å². The Balaban J connectivity index is 1.88. The summed E-state index contributed by atoms with van der Waals surface area (Å²) in [6.07, 6.45) is 0. The van der Waals surface area contributed by atoms with Gasteiger partial charge in [0.05, 0.1) is 27.9 Å². The maximum absolute atomic E-state index is 12.7. The maximum Gasteiger partial charge on any atom is 0.338 e. The number of carbonyl (C=O) groups excluding carboxylic acids is 2. The van der Waals surface area contributed by atoms with E-state index in [9.17, 15) is 9.59 Å². The number of anilines is 1. The van der Waals surface area contributed by atoms with Crippen LogP contribution in [0.2, 0.25) is 10.0 Å². The van der Waals surface area contributed by atoms with Gasteiger partial charge in [-0.05, 0) is 49.4 Å². The first-order chi connectivity index (χ1) is 14.6. The Labute approximate surface area is 202 Å². The summed E-state index contributed by atoms with van der Waals surface area (Å²) in [5, 5.41) is 7.33. The van der Waals surface area contributed by atoms with Gasteiger partial charge in [0.2, 0.25) is 9.62 Å². The molecule has 0 aliphatic carbocycles. The molecule has 12 heteroatoms. The van der Waals surface area contributed by atoms with Gasteiger partial charge < -0.3 is 10.1 Å². The van der Waals surface area contributed by atoms with Gasteiger partial charge in [-0.2, -0.15) is 0 Å². The number of amides is 1. The number of carbonyl (C=O) groups is 2. The van der Waals surface area contributed by atoms with Gasteiger partial charge in [0, 0.05) is 5.69 Å². The topological polar surface area (TPSA) is 86.1 Å². The van der Waals surface area contributed by atoms with Crippen molar-refractivity contribution in [2.24, 2.45) is 0 Å². The third-order valence-electron chi connectivity index (χ3n) is 3.87. The zero-order chi connectivity index (χ0) is 22.8. The van der Waals surface area contributed by atoms with E-state index >= 15 is 0 Å². The van der Waals surface area contributed by atoms with Crippen LogP contribution in [-0.2, 0) is 8.53 Å². The van der Waals surface area contributed by atoms with Gasteiger partial charge in [0.1, 0.15) is 0 Å². The van der Waals surface area contributed by atoms with E-state index in [4.69, 9.17) is 62.7 Å². The van der Waals surface area contributed by atoms with Crippen LogP contribution in [0.3, 0.4) is 0 Å². The van der Waals surface area contributed by atoms with Gasteiger partial charge in [-0.1, -0.05) is 58.0 Å². The number of nitrogens with one attached hydrogen (secondary N) is 1. The molecule has 1 aromatic heterocycles. The van der Waals surface area contributed by atoms with E-state index in [1.54, 1.807) is 13.0 Å². The molecule has 2 aromatic carbocycles. The third kappa shape index (κ3) is 5.61. The Morgan fingerprint density at radius 2 is 1.74 bits per heavy atom. The van der Waals surface area contributed by atoms with E-state index in [1.807, 2.05) is 0 Å². The number of alkyl halides is 3. The molecule has 1 N–H and O–H groups in total. The number of ether oxygens (including phenoxy) is 1. The Morgan fingerprint density at radius 3 is 2.32 bits per heavy atom. The molecule has 7 nitrogen and oxygen atoms in total. The lowest BCUT2D eigenvalue weighted by Crippen LogP contribution is -2.14. The smallest absolute Gasteiger partial charge is 0.338 e. The SMILES string of the molecule is CCOC(=O)c1ccc(NC(=O)c2nc(C(Cl)(Cl)Cl)n(-c3ccc(Cl)c(Cl)c3)n2)cc1. The second-order valence-corrected chi connectivity index (χ2v) is 9.11. The number of hydrogen-bond acceptors (Lipinski definition) is 5. The molecular formula is C19H13Cl5N4O3. The van der Waals surface area contributed by atoms with Crippen molar-refractivity contribution in [1.82, 2.24) is 14.8 Å². The molecule has 0 unspecified atom stereocenters. The minimum Gasteiger partial charge on any atom is -0.462 e. The van der Waals surface area contributed by atoms with Gasteiger partial charge in [0.25, 0.3) is 5.91 Å². The van der Waals surface area contributed by atoms with Crippen LogP contribution in [0.15, 0.2) is 42.5 Å². The molecule has 0 fully saturated rings. The molecule has 162 valence electrons. The first-order valence-electron chi connectivity index (χ1n) is 8.68. The summed E-state index contributed by atoms with van der Waals surface area (Å²) in [5.74, 6) is -1.48. The molecule has 0 saturated carbocycles. The van der Waals surface area contributed by atoms with Crippen LogP contribution in [0.1, 0.15) is 33.7 Å². The molecule has 0 atom stereocenters. The van der Waals surface area contributed by atoms with Crippen molar-refractivity contribution in [2.45, 2.75) is 10.7 Å². The van der Waals surface area contributed by atoms with Gasteiger partial charge in [-0.3, -0.25) is 4.79 Å². The maximum atomic E-state index is 12.7. The first-order valence-corrected chi connectivity index (χ1v) is 10.6. The molecule has 0 aliphatic rings. The molecular weight excluding hydrogens is 509 g/mol. The molecule has 3 rings (SSSR count). The van der Waals surface area contributed by atoms with Crippen molar-refractivity contribution >= 4 is 75.6 Å². The highest BCUT2D eigenvalue weighted by atomic mass is 35.6. The fraction of sp³-hybridized carbons (Fsp3) is 0.158. The Bertz CT molecular complexity index is 1130. The van der Waals surface area contributed by atoms with Gasteiger partial charge in [-0.15, -0.1) is 5.10 Å². The second-order valence-electron chi connectivity index (χ2n) is 6.02. The molecule has 0 radical (unpaired) electrons. The van der Waals surface area contributed by atoms with Crippen molar-refractivity contribution in [2.75, 3.05) is 11.9 Å². The van der Waals surface area contributed by atoms with Crippen LogP contribution in [0, 0.1) is 0 Å². The van der Waals surface area contributed by atoms with Crippen molar-refractivity contribution in [3.05, 3.63) is 69.7 Å². The predicted octanol–water partition coefficient (Wildman–Crippen LogP) is 5.83. The largest absolute Gasteiger partial charge is 0.462 e. The summed E-state index contributed by atoms with van der Waals surface area (Å²) in [6.45, 7) is 1.97. The van der Waals surface area contributed by atoms with Crippen LogP contribution in [-0.4, -0.2) is 33.2 Å². The summed E-state index contributed by atoms with van der Waals surface area (Å²) >= 11 is 30.0. The van der Waals surface area contributed by atoms with Gasteiger partial charge >= 0.3 is 5.97 Å². The third-order valence-corrected chi connectivity index (χ3v) is 5.11. The lowest BCUT2D eigenvalue weighted by molar-refractivity contribution is 0.0526. The number of halogens is 5. The molecule has 3 aromatic rings. The van der Waals surface area contributed by atoms with Gasteiger partial charge in [-0.25, -0.2) is 14.5 Å². The molecule has 31 heavy (non-hydrogen) atoms. The first kappa shape index (κ1) is 23.6. The second kappa shape index (κ2) is 9.63. The quantitative estimate of drug-likeness (QED) is 0.337. The number of aromatic nitrogens is 3. The fourth-order valence-corrected chi connectivity index (χ4v) is 3.14. The normalized spacial score (nSPS) is 11.3. The summed E-state index contributed by atoms with van der Waals surface area (Å²) < 4.78 is 4.13. The minimum absolute atomic E-state index is 0.112. The van der Waals surface area contributed by atoms with E-state index in [-0.39, 0.29) is 23.3 Å². The van der Waals surface area contributed by atoms with Crippen LogP contribution in [0.4, 0.5) is 5.69 Å². The standard InChI is InChI=1S/C19H13Cl5N4O3/c1-2-31-17(30)10-3-5-11(6-4-10)25-16(29)15-26-18(19(22,23)24)28(27-15)12-7-8-13(20)14(21)9-12/h3-9H,2H2,1H3,(H,25,29). The van der Waals surface area contributed by atoms with Crippen molar-refractivity contribution < 1.29 is 14.3 Å². The average molecular weight is 523 g/mol. The number of benzene rings is 2. The van der Waals surface area contributed by atoms with Crippen LogP contribution >= 0.6 is 58.0 Å². The van der Waals surface area contributed by atoms with Crippen LogP contribution in [0.25, 0.3) is 5.69 Å². The molecule has 0 spiro atoms. The number of nitrogens with zero attached hydrogens (tertiary/aromatic N) is 3. The molecule has 0 bridgehead atoms. The highest BCUT2D eigenvalue weighted by Crippen LogP contribution is 2.38. The van der Waals surface area contributed by atoms with Gasteiger partial charge in [0.15, 0.2) is 5.82 Å². The lowest BCUT2D eigenvalue weighted by atomic mass is 10.2. The Morgan fingerprint density at radius 1 is 1.06 bits per heavy atom. The molecule has 1 amide bonds. The predicted molar refractivity (Wildman–Crippen MR) is 121 cm³/mol. The summed E-state index contributed by atoms with van der Waals surface area (Å²) in [5.41, 5.74) is 1.14. The summed E-state index contributed by atoms with van der Waals surface area (Å²) in [4.78, 5) is 28.5. The average Bonchev–Trinajstić information content (AvgIpc) is 3.17. The number of hydrogen-bond donors (Lipinski definition) is 1. The zero-order valence-electron chi connectivity index (χ0n) is 15.7. The zero-order valence-corrected chi connectivity index (χ0v) is 19.5. The van der Waals surface area contributed by atoms with E-state index < -0.39 is 15.7 Å². The Hall–Kier alpha value is -2.03. The molecule has 0 saturated heterocycles. The minimum atomic E-state index is -1.97. The highest BCUT2D eigenvalue weighted by molar-refractivity contribution is 6.66. The van der Waals surface area contributed by atoms with Crippen molar-refractivity contribution in [3.8, 4) is 5.69 Å². The molecule has 0 aliphatic heterocycles. The number of rotatable bonds is 5. The lowest BCUT2D eigenvalue weighted by Gasteiger charge is -2.12. The summed E-state index contributed by atoms with van der Waals surface area (Å²) in [7, 11) is 0.